The third-order valence-electron chi connectivity index (χ3n) is 3.10. The molecule has 0 aromatic rings. The predicted octanol–water partition coefficient (Wildman–Crippen LogP) is 1.86. The Kier molecular flexibility index (Phi) is 4.20. The van der Waals surface area contributed by atoms with Crippen LogP contribution in [0.4, 0.5) is 0 Å². The Hall–Kier alpha value is -0.0800. The molecule has 1 saturated heterocycles. The summed E-state index contributed by atoms with van der Waals surface area (Å²) < 4.78 is 5.23. The molecule has 0 saturated carbocycles. The largest absolute Gasteiger partial charge is 0.384 e. The average Bonchev–Trinajstić information content (AvgIpc) is 2.03. The summed E-state index contributed by atoms with van der Waals surface area (Å²) >= 11 is 0. The first-order chi connectivity index (χ1) is 6.13. The van der Waals surface area contributed by atoms with Crippen LogP contribution in [0.25, 0.3) is 0 Å². The lowest BCUT2D eigenvalue weighted by molar-refractivity contribution is 0.0627. The minimum Gasteiger partial charge on any atom is -0.384 e. The number of ether oxygens (including phenoxy) is 1. The van der Waals surface area contributed by atoms with E-state index in [1.54, 1.807) is 7.11 Å². The van der Waals surface area contributed by atoms with Gasteiger partial charge in [0.15, 0.2) is 0 Å². The van der Waals surface area contributed by atoms with Crippen LogP contribution in [0.5, 0.6) is 0 Å². The number of hydrogen-bond donors (Lipinski definition) is 0. The van der Waals surface area contributed by atoms with E-state index in [1.807, 2.05) is 0 Å². The number of nitrogens with zero attached hydrogens (tertiary/aromatic N) is 1. The summed E-state index contributed by atoms with van der Waals surface area (Å²) in [5, 5.41) is 0. The smallest absolute Gasteiger partial charge is 0.0502 e. The molecule has 0 spiro atoms. The van der Waals surface area contributed by atoms with Gasteiger partial charge in [-0.1, -0.05) is 13.8 Å². The Labute approximate surface area is 82.3 Å². The SMILES string of the molecule is COCC1CC(C(C)C)CN(C)C1. The first-order valence-corrected chi connectivity index (χ1v) is 5.31. The zero-order valence-electron chi connectivity index (χ0n) is 9.42. The third kappa shape index (κ3) is 3.28. The monoisotopic (exact) mass is 185 g/mol. The quantitative estimate of drug-likeness (QED) is 0.665. The molecule has 1 fully saturated rings. The zero-order chi connectivity index (χ0) is 9.84. The van der Waals surface area contributed by atoms with E-state index in [1.165, 1.54) is 19.5 Å². The minimum atomic E-state index is 0.746. The summed E-state index contributed by atoms with van der Waals surface area (Å²) in [6, 6.07) is 0. The second-order valence-electron chi connectivity index (χ2n) is 4.78. The maximum absolute atomic E-state index is 5.23. The van der Waals surface area contributed by atoms with E-state index in [4.69, 9.17) is 4.74 Å². The number of likely N-dealkylation sites (tertiary alicyclic amines) is 1. The van der Waals surface area contributed by atoms with Gasteiger partial charge >= 0.3 is 0 Å². The van der Waals surface area contributed by atoms with Crippen LogP contribution in [-0.4, -0.2) is 38.8 Å². The maximum Gasteiger partial charge on any atom is 0.0502 e. The van der Waals surface area contributed by atoms with Gasteiger partial charge in [-0.25, -0.2) is 0 Å². The highest BCUT2D eigenvalue weighted by Crippen LogP contribution is 2.26. The second-order valence-corrected chi connectivity index (χ2v) is 4.78. The van der Waals surface area contributed by atoms with Crippen LogP contribution in [0.15, 0.2) is 0 Å². The highest BCUT2D eigenvalue weighted by atomic mass is 16.5. The Morgan fingerprint density at radius 1 is 1.38 bits per heavy atom. The number of rotatable bonds is 3. The lowest BCUT2D eigenvalue weighted by Crippen LogP contribution is -2.41. The summed E-state index contributed by atoms with van der Waals surface area (Å²) in [4.78, 5) is 2.44. The summed E-state index contributed by atoms with van der Waals surface area (Å²) in [5.74, 6) is 2.41. The van der Waals surface area contributed by atoms with Crippen molar-refractivity contribution in [3.63, 3.8) is 0 Å². The van der Waals surface area contributed by atoms with Crippen LogP contribution >= 0.6 is 0 Å². The van der Waals surface area contributed by atoms with Crippen molar-refractivity contribution in [3.8, 4) is 0 Å². The van der Waals surface area contributed by atoms with Gasteiger partial charge in [0, 0.05) is 20.2 Å². The first-order valence-electron chi connectivity index (χ1n) is 5.31. The topological polar surface area (TPSA) is 12.5 Å². The molecular formula is C11H23NO. The average molecular weight is 185 g/mol. The van der Waals surface area contributed by atoms with Gasteiger partial charge in [-0.3, -0.25) is 0 Å². The fourth-order valence-corrected chi connectivity index (χ4v) is 2.33. The van der Waals surface area contributed by atoms with Crippen molar-refractivity contribution in [2.75, 3.05) is 33.9 Å². The summed E-state index contributed by atoms with van der Waals surface area (Å²) in [5.41, 5.74) is 0. The zero-order valence-corrected chi connectivity index (χ0v) is 9.42. The third-order valence-corrected chi connectivity index (χ3v) is 3.10. The Bertz CT molecular complexity index is 147. The van der Waals surface area contributed by atoms with Crippen LogP contribution < -0.4 is 0 Å². The van der Waals surface area contributed by atoms with Gasteiger partial charge in [-0.2, -0.15) is 0 Å². The molecule has 2 atom stereocenters. The molecule has 0 radical (unpaired) electrons. The summed E-state index contributed by atoms with van der Waals surface area (Å²) in [7, 11) is 4.02. The Morgan fingerprint density at radius 3 is 2.62 bits per heavy atom. The lowest BCUT2D eigenvalue weighted by Gasteiger charge is -2.37. The fraction of sp³-hybridized carbons (Fsp3) is 1.00. The lowest BCUT2D eigenvalue weighted by atomic mass is 9.83. The van der Waals surface area contributed by atoms with E-state index in [0.29, 0.717) is 0 Å². The molecule has 2 heteroatoms. The molecule has 0 aliphatic carbocycles. The molecule has 2 nitrogen and oxygen atoms in total. The van der Waals surface area contributed by atoms with E-state index in [0.717, 1.165) is 24.4 Å². The van der Waals surface area contributed by atoms with Crippen LogP contribution in [0.2, 0.25) is 0 Å². The van der Waals surface area contributed by atoms with Crippen molar-refractivity contribution >= 4 is 0 Å². The maximum atomic E-state index is 5.23. The van der Waals surface area contributed by atoms with E-state index in [2.05, 4.69) is 25.8 Å². The van der Waals surface area contributed by atoms with E-state index < -0.39 is 0 Å². The van der Waals surface area contributed by atoms with E-state index in [-0.39, 0.29) is 0 Å². The number of hydrogen-bond acceptors (Lipinski definition) is 2. The highest BCUT2D eigenvalue weighted by molar-refractivity contribution is 4.78. The predicted molar refractivity (Wildman–Crippen MR) is 55.8 cm³/mol. The van der Waals surface area contributed by atoms with Crippen molar-refractivity contribution in [2.24, 2.45) is 17.8 Å². The molecule has 1 rings (SSSR count). The van der Waals surface area contributed by atoms with Gasteiger partial charge in [-0.15, -0.1) is 0 Å². The Balaban J connectivity index is 2.42. The van der Waals surface area contributed by atoms with E-state index >= 15 is 0 Å². The van der Waals surface area contributed by atoms with Crippen molar-refractivity contribution in [1.82, 2.24) is 4.90 Å². The molecule has 1 aliphatic rings. The molecule has 0 aromatic carbocycles. The van der Waals surface area contributed by atoms with Crippen LogP contribution in [0.3, 0.4) is 0 Å². The molecule has 0 N–H and O–H groups in total. The van der Waals surface area contributed by atoms with E-state index in [9.17, 15) is 0 Å². The summed E-state index contributed by atoms with van der Waals surface area (Å²) in [6.07, 6.45) is 1.34. The van der Waals surface area contributed by atoms with Gasteiger partial charge < -0.3 is 9.64 Å². The fourth-order valence-electron chi connectivity index (χ4n) is 2.33. The molecule has 1 aliphatic heterocycles. The van der Waals surface area contributed by atoms with Gasteiger partial charge in [-0.05, 0) is 31.2 Å². The van der Waals surface area contributed by atoms with Gasteiger partial charge in [0.05, 0.1) is 6.61 Å². The molecular weight excluding hydrogens is 162 g/mol. The molecule has 0 amide bonds. The van der Waals surface area contributed by atoms with Crippen LogP contribution in [-0.2, 0) is 4.74 Å². The molecule has 0 aromatic heterocycles. The Morgan fingerprint density at radius 2 is 2.08 bits per heavy atom. The molecule has 13 heavy (non-hydrogen) atoms. The first kappa shape index (κ1) is 11.0. The van der Waals surface area contributed by atoms with Crippen molar-refractivity contribution in [3.05, 3.63) is 0 Å². The van der Waals surface area contributed by atoms with Crippen molar-refractivity contribution in [2.45, 2.75) is 20.3 Å². The normalized spacial score (nSPS) is 31.2. The summed E-state index contributed by atoms with van der Waals surface area (Å²) in [6.45, 7) is 8.05. The van der Waals surface area contributed by atoms with Gasteiger partial charge in [0.1, 0.15) is 0 Å². The molecule has 78 valence electrons. The number of piperidine rings is 1. The number of methoxy groups -OCH3 is 1. The standard InChI is InChI=1S/C11H23NO/c1-9(2)11-5-10(8-13-4)6-12(3)7-11/h9-11H,5-8H2,1-4H3. The molecule has 0 bridgehead atoms. The van der Waals surface area contributed by atoms with Crippen molar-refractivity contribution in [1.29, 1.82) is 0 Å². The second kappa shape index (κ2) is 4.97. The van der Waals surface area contributed by atoms with Crippen LogP contribution in [0.1, 0.15) is 20.3 Å². The van der Waals surface area contributed by atoms with Gasteiger partial charge in [0.25, 0.3) is 0 Å². The molecule has 2 unspecified atom stereocenters. The highest BCUT2D eigenvalue weighted by Gasteiger charge is 2.26. The minimum absolute atomic E-state index is 0.746. The van der Waals surface area contributed by atoms with Crippen molar-refractivity contribution < 1.29 is 4.74 Å². The van der Waals surface area contributed by atoms with Gasteiger partial charge in [0.2, 0.25) is 0 Å². The molecule has 1 heterocycles. The van der Waals surface area contributed by atoms with Crippen LogP contribution in [0, 0.1) is 17.8 Å².